The zero-order chi connectivity index (χ0) is 41.4. The lowest BCUT2D eigenvalue weighted by molar-refractivity contribution is 0.669. The molecule has 6 nitrogen and oxygen atoms in total. The van der Waals surface area contributed by atoms with Crippen molar-refractivity contribution in [1.29, 1.82) is 0 Å². The van der Waals surface area contributed by atoms with Gasteiger partial charge in [0.15, 0.2) is 17.5 Å². The molecule has 0 unspecified atom stereocenters. The van der Waals surface area contributed by atoms with Crippen molar-refractivity contribution >= 4 is 65.6 Å². The average molecular weight is 806 g/mol. The van der Waals surface area contributed by atoms with Crippen LogP contribution in [0.2, 0.25) is 0 Å². The van der Waals surface area contributed by atoms with Gasteiger partial charge in [-0.1, -0.05) is 140 Å². The Kier molecular flexibility index (Phi) is 7.80. The largest absolute Gasteiger partial charge is 0.456 e. The molecule has 0 aliphatic carbocycles. The summed E-state index contributed by atoms with van der Waals surface area (Å²) in [6.45, 7) is 0. The number of fused-ring (bicyclic) bond motifs is 9. The van der Waals surface area contributed by atoms with Crippen molar-refractivity contribution < 1.29 is 4.42 Å². The van der Waals surface area contributed by atoms with Gasteiger partial charge in [0.1, 0.15) is 11.2 Å². The van der Waals surface area contributed by atoms with E-state index in [2.05, 4.69) is 161 Å². The van der Waals surface area contributed by atoms with E-state index in [9.17, 15) is 0 Å². The monoisotopic (exact) mass is 805 g/mol. The molecule has 6 heteroatoms. The number of benzene rings is 9. The van der Waals surface area contributed by atoms with Gasteiger partial charge in [0, 0.05) is 60.4 Å². The number of hydrogen-bond donors (Lipinski definition) is 0. The van der Waals surface area contributed by atoms with E-state index in [0.29, 0.717) is 17.5 Å². The summed E-state index contributed by atoms with van der Waals surface area (Å²) in [5.74, 6) is 1.80. The molecule has 63 heavy (non-hydrogen) atoms. The minimum absolute atomic E-state index is 0.591. The lowest BCUT2D eigenvalue weighted by atomic mass is 10.0. The van der Waals surface area contributed by atoms with Crippen LogP contribution in [0, 0.1) is 0 Å². The van der Waals surface area contributed by atoms with E-state index in [1.165, 1.54) is 43.7 Å². The third-order valence-corrected chi connectivity index (χ3v) is 12.4. The van der Waals surface area contributed by atoms with Crippen LogP contribution in [0.25, 0.3) is 122 Å². The fraction of sp³-hybridized carbons (Fsp3) is 0. The van der Waals surface area contributed by atoms with Crippen molar-refractivity contribution in [2.75, 3.05) is 0 Å². The molecular weight excluding hydrogens is 771 g/mol. The number of nitrogens with zero attached hydrogens (tertiary/aromatic N) is 5. The van der Waals surface area contributed by atoms with E-state index in [4.69, 9.17) is 19.4 Å². The zero-order valence-electron chi connectivity index (χ0n) is 33.9. The van der Waals surface area contributed by atoms with Gasteiger partial charge in [-0.25, -0.2) is 15.0 Å². The van der Waals surface area contributed by atoms with Crippen LogP contribution in [0.5, 0.6) is 0 Å². The van der Waals surface area contributed by atoms with E-state index >= 15 is 0 Å². The van der Waals surface area contributed by atoms with Crippen molar-refractivity contribution in [3.8, 4) is 56.7 Å². The molecule has 0 atom stereocenters. The second-order valence-corrected chi connectivity index (χ2v) is 16.0. The summed E-state index contributed by atoms with van der Waals surface area (Å²) in [4.78, 5) is 15.4. The minimum atomic E-state index is 0.591. The average Bonchev–Trinajstić information content (AvgIpc) is 4.02. The van der Waals surface area contributed by atoms with Crippen molar-refractivity contribution in [2.45, 2.75) is 0 Å². The van der Waals surface area contributed by atoms with Crippen molar-refractivity contribution in [1.82, 2.24) is 24.1 Å². The molecule has 0 radical (unpaired) electrons. The zero-order valence-corrected chi connectivity index (χ0v) is 33.9. The standard InChI is InChI=1S/C57H35N5O/c1-3-15-36(16-4-1)55-58-56(60-57(59-55)45-24-14-28-53-54(45)44-23-9-12-27-52(44)63-53)39-17-13-20-41(33-39)62-49-26-11-8-22-43(49)47-35-38(30-32-51(47)62)37-29-31-50-46(34-37)42-21-7-10-25-48(42)61(50)40-18-5-2-6-19-40/h1-35H. The lowest BCUT2D eigenvalue weighted by Crippen LogP contribution is -2.01. The smallest absolute Gasteiger partial charge is 0.164 e. The molecule has 0 saturated heterocycles. The maximum Gasteiger partial charge on any atom is 0.164 e. The Hall–Kier alpha value is -8.61. The molecule has 0 saturated carbocycles. The van der Waals surface area contributed by atoms with Crippen molar-refractivity contribution in [3.05, 3.63) is 212 Å². The number of rotatable bonds is 6. The maximum absolute atomic E-state index is 6.28. The molecule has 13 aromatic rings. The molecule has 0 aliphatic heterocycles. The normalized spacial score (nSPS) is 11.8. The Labute approximate surface area is 361 Å². The van der Waals surface area contributed by atoms with Crippen LogP contribution in [-0.2, 0) is 0 Å². The summed E-state index contributed by atoms with van der Waals surface area (Å²) in [7, 11) is 0. The first-order chi connectivity index (χ1) is 31.2. The summed E-state index contributed by atoms with van der Waals surface area (Å²) >= 11 is 0. The summed E-state index contributed by atoms with van der Waals surface area (Å²) < 4.78 is 11.0. The molecule has 294 valence electrons. The molecule has 13 rings (SSSR count). The van der Waals surface area contributed by atoms with E-state index in [0.717, 1.165) is 61.0 Å². The number of para-hydroxylation sites is 4. The minimum Gasteiger partial charge on any atom is -0.456 e. The molecule has 0 fully saturated rings. The third-order valence-electron chi connectivity index (χ3n) is 12.4. The van der Waals surface area contributed by atoms with Crippen LogP contribution < -0.4 is 0 Å². The van der Waals surface area contributed by atoms with E-state index in [-0.39, 0.29) is 0 Å². The molecule has 4 aromatic heterocycles. The number of hydrogen-bond acceptors (Lipinski definition) is 4. The van der Waals surface area contributed by atoms with Crippen LogP contribution in [0.4, 0.5) is 0 Å². The predicted octanol–water partition coefficient (Wildman–Crippen LogP) is 14.6. The molecule has 0 spiro atoms. The Morgan fingerprint density at radius 3 is 1.49 bits per heavy atom. The highest BCUT2D eigenvalue weighted by Crippen LogP contribution is 2.40. The molecule has 0 amide bonds. The Bertz CT molecular complexity index is 3920. The molecule has 0 aliphatic rings. The van der Waals surface area contributed by atoms with E-state index in [1.807, 2.05) is 60.7 Å². The fourth-order valence-corrected chi connectivity index (χ4v) is 9.53. The second kappa shape index (κ2) is 14.0. The van der Waals surface area contributed by atoms with Gasteiger partial charge >= 0.3 is 0 Å². The Morgan fingerprint density at radius 2 is 0.794 bits per heavy atom. The third kappa shape index (κ3) is 5.62. The first kappa shape index (κ1) is 35.2. The summed E-state index contributed by atoms with van der Waals surface area (Å²) in [6.07, 6.45) is 0. The topological polar surface area (TPSA) is 61.7 Å². The highest BCUT2D eigenvalue weighted by molar-refractivity contribution is 6.13. The maximum atomic E-state index is 6.28. The van der Waals surface area contributed by atoms with Gasteiger partial charge in [-0.15, -0.1) is 0 Å². The lowest BCUT2D eigenvalue weighted by Gasteiger charge is -2.12. The summed E-state index contributed by atoms with van der Waals surface area (Å²) in [5.41, 5.74) is 13.5. The predicted molar refractivity (Wildman–Crippen MR) is 258 cm³/mol. The van der Waals surface area contributed by atoms with Crippen molar-refractivity contribution in [2.24, 2.45) is 0 Å². The summed E-state index contributed by atoms with van der Waals surface area (Å²) in [5, 5.41) is 6.87. The molecule has 0 bridgehead atoms. The van der Waals surface area contributed by atoms with Crippen LogP contribution in [0.1, 0.15) is 0 Å². The molecular formula is C57H35N5O. The Balaban J connectivity index is 0.955. The van der Waals surface area contributed by atoms with Crippen LogP contribution >= 0.6 is 0 Å². The van der Waals surface area contributed by atoms with Gasteiger partial charge in [0.25, 0.3) is 0 Å². The Morgan fingerprint density at radius 1 is 0.302 bits per heavy atom. The summed E-state index contributed by atoms with van der Waals surface area (Å²) in [6, 6.07) is 74.6. The van der Waals surface area contributed by atoms with E-state index in [1.54, 1.807) is 0 Å². The highest BCUT2D eigenvalue weighted by Gasteiger charge is 2.20. The quantitative estimate of drug-likeness (QED) is 0.168. The van der Waals surface area contributed by atoms with Crippen LogP contribution in [0.15, 0.2) is 217 Å². The number of furan rings is 1. The van der Waals surface area contributed by atoms with E-state index < -0.39 is 0 Å². The van der Waals surface area contributed by atoms with Gasteiger partial charge in [0.05, 0.1) is 22.1 Å². The number of aromatic nitrogens is 5. The molecule has 0 N–H and O–H groups in total. The fourth-order valence-electron chi connectivity index (χ4n) is 9.53. The van der Waals surface area contributed by atoms with Gasteiger partial charge in [-0.05, 0) is 83.9 Å². The van der Waals surface area contributed by atoms with Gasteiger partial charge < -0.3 is 13.6 Å². The second-order valence-electron chi connectivity index (χ2n) is 16.0. The van der Waals surface area contributed by atoms with Gasteiger partial charge in [-0.3, -0.25) is 0 Å². The van der Waals surface area contributed by atoms with Crippen molar-refractivity contribution in [3.63, 3.8) is 0 Å². The molecule has 4 heterocycles. The van der Waals surface area contributed by atoms with Gasteiger partial charge in [-0.2, -0.15) is 0 Å². The first-order valence-corrected chi connectivity index (χ1v) is 21.2. The SMILES string of the molecule is c1ccc(-c2nc(-c3cccc(-n4c5ccccc5c5cc(-c6ccc7c(c6)c6ccccc6n7-c6ccccc6)ccc54)c3)nc(-c3cccc4oc5ccccc5c34)n2)cc1. The highest BCUT2D eigenvalue weighted by atomic mass is 16.3. The van der Waals surface area contributed by atoms with Crippen LogP contribution in [0.3, 0.4) is 0 Å². The molecule has 9 aromatic carbocycles. The van der Waals surface area contributed by atoms with Gasteiger partial charge in [0.2, 0.25) is 0 Å². The van der Waals surface area contributed by atoms with Crippen LogP contribution in [-0.4, -0.2) is 24.1 Å². The first-order valence-electron chi connectivity index (χ1n) is 21.2.